The fourth-order valence-corrected chi connectivity index (χ4v) is 1.77. The van der Waals surface area contributed by atoms with Gasteiger partial charge in [-0.2, -0.15) is 0 Å². The Morgan fingerprint density at radius 1 is 1.12 bits per heavy atom. The Hall–Kier alpha value is -1.02. The molecule has 0 unspecified atom stereocenters. The predicted molar refractivity (Wildman–Crippen MR) is 73.7 cm³/mol. The highest BCUT2D eigenvalue weighted by atomic mass is 16.5. The van der Waals surface area contributed by atoms with E-state index in [2.05, 4.69) is 31.9 Å². The largest absolute Gasteiger partial charge is 0.492 e. The van der Waals surface area contributed by atoms with Gasteiger partial charge in [-0.1, -0.05) is 38.0 Å². The molecule has 0 radical (unpaired) electrons. The summed E-state index contributed by atoms with van der Waals surface area (Å²) in [6.07, 6.45) is 3.90. The summed E-state index contributed by atoms with van der Waals surface area (Å²) in [4.78, 5) is 2.34. The minimum Gasteiger partial charge on any atom is -0.492 e. The van der Waals surface area contributed by atoms with Crippen LogP contribution in [0.2, 0.25) is 0 Å². The van der Waals surface area contributed by atoms with Gasteiger partial charge in [0.15, 0.2) is 0 Å². The van der Waals surface area contributed by atoms with Crippen LogP contribution in [-0.2, 0) is 0 Å². The number of nitrogens with zero attached hydrogens (tertiary/aromatic N) is 1. The third-order valence-corrected chi connectivity index (χ3v) is 2.97. The van der Waals surface area contributed by atoms with Crippen LogP contribution >= 0.6 is 0 Å². The number of benzene rings is 1. The standard InChI is InChI=1S/C15H25NO/c1-4-5-8-11-16(3)12-13-17-15-10-7-6-9-14(15)2/h6-7,9-10H,4-5,8,11-13H2,1-3H3. The first-order valence-electron chi connectivity index (χ1n) is 6.61. The van der Waals surface area contributed by atoms with Gasteiger partial charge in [-0.3, -0.25) is 0 Å². The molecule has 0 aromatic heterocycles. The van der Waals surface area contributed by atoms with Crippen LogP contribution in [0.1, 0.15) is 31.7 Å². The lowest BCUT2D eigenvalue weighted by molar-refractivity contribution is 0.234. The fraction of sp³-hybridized carbons (Fsp3) is 0.600. The molecule has 0 aliphatic rings. The molecule has 2 heteroatoms. The molecule has 0 saturated heterocycles. The van der Waals surface area contributed by atoms with Gasteiger partial charge in [0.1, 0.15) is 12.4 Å². The van der Waals surface area contributed by atoms with E-state index in [0.29, 0.717) is 0 Å². The molecule has 0 heterocycles. The molecule has 1 aromatic carbocycles. The number of likely N-dealkylation sites (N-methyl/N-ethyl adjacent to an activating group) is 1. The highest BCUT2D eigenvalue weighted by Crippen LogP contribution is 2.15. The minimum atomic E-state index is 0.771. The van der Waals surface area contributed by atoms with Gasteiger partial charge in [-0.05, 0) is 38.6 Å². The maximum atomic E-state index is 5.77. The van der Waals surface area contributed by atoms with Crippen LogP contribution < -0.4 is 4.74 Å². The van der Waals surface area contributed by atoms with E-state index in [1.54, 1.807) is 0 Å². The molecule has 2 nitrogen and oxygen atoms in total. The number of hydrogen-bond donors (Lipinski definition) is 0. The molecule has 0 spiro atoms. The monoisotopic (exact) mass is 235 g/mol. The SMILES string of the molecule is CCCCCN(C)CCOc1ccccc1C. The van der Waals surface area contributed by atoms with E-state index < -0.39 is 0 Å². The maximum absolute atomic E-state index is 5.77. The number of ether oxygens (including phenoxy) is 1. The zero-order valence-corrected chi connectivity index (χ0v) is 11.4. The molecular formula is C15H25NO. The molecule has 1 aromatic rings. The third kappa shape index (κ3) is 5.73. The molecule has 0 saturated carbocycles. The van der Waals surface area contributed by atoms with Gasteiger partial charge in [-0.25, -0.2) is 0 Å². The highest BCUT2D eigenvalue weighted by molar-refractivity contribution is 5.31. The molecule has 0 bridgehead atoms. The lowest BCUT2D eigenvalue weighted by Gasteiger charge is -2.17. The Bertz CT molecular complexity index is 312. The summed E-state index contributed by atoms with van der Waals surface area (Å²) >= 11 is 0. The quantitative estimate of drug-likeness (QED) is 0.639. The molecule has 0 aliphatic heterocycles. The molecule has 0 amide bonds. The average molecular weight is 235 g/mol. The Kier molecular flexibility index (Phi) is 6.71. The summed E-state index contributed by atoms with van der Waals surface area (Å²) in [6.45, 7) is 7.26. The second-order valence-electron chi connectivity index (χ2n) is 4.62. The first kappa shape index (κ1) is 14.0. The summed E-state index contributed by atoms with van der Waals surface area (Å²) in [6, 6.07) is 8.18. The molecule has 0 aliphatic carbocycles. The van der Waals surface area contributed by atoms with Gasteiger partial charge in [0.25, 0.3) is 0 Å². The molecular weight excluding hydrogens is 210 g/mol. The third-order valence-electron chi connectivity index (χ3n) is 2.97. The first-order valence-corrected chi connectivity index (χ1v) is 6.61. The van der Waals surface area contributed by atoms with Crippen molar-refractivity contribution in [2.24, 2.45) is 0 Å². The van der Waals surface area contributed by atoms with E-state index in [-0.39, 0.29) is 0 Å². The van der Waals surface area contributed by atoms with E-state index >= 15 is 0 Å². The molecule has 0 fully saturated rings. The van der Waals surface area contributed by atoms with E-state index in [1.165, 1.54) is 31.4 Å². The summed E-state index contributed by atoms with van der Waals surface area (Å²) in [5.74, 6) is 1.01. The van der Waals surface area contributed by atoms with Crippen LogP contribution in [0, 0.1) is 6.92 Å². The first-order chi connectivity index (χ1) is 8.24. The van der Waals surface area contributed by atoms with E-state index in [1.807, 2.05) is 18.2 Å². The lowest BCUT2D eigenvalue weighted by atomic mass is 10.2. The van der Waals surface area contributed by atoms with Crippen LogP contribution in [-0.4, -0.2) is 31.6 Å². The Morgan fingerprint density at radius 2 is 1.88 bits per heavy atom. The fourth-order valence-electron chi connectivity index (χ4n) is 1.77. The maximum Gasteiger partial charge on any atom is 0.122 e. The van der Waals surface area contributed by atoms with Gasteiger partial charge in [0.2, 0.25) is 0 Å². The molecule has 1 rings (SSSR count). The molecule has 96 valence electrons. The van der Waals surface area contributed by atoms with Crippen molar-refractivity contribution < 1.29 is 4.74 Å². The summed E-state index contributed by atoms with van der Waals surface area (Å²) in [5, 5.41) is 0. The van der Waals surface area contributed by atoms with Crippen LogP contribution in [0.3, 0.4) is 0 Å². The van der Waals surface area contributed by atoms with Crippen LogP contribution in [0.15, 0.2) is 24.3 Å². The highest BCUT2D eigenvalue weighted by Gasteiger charge is 2.00. The van der Waals surface area contributed by atoms with Crippen LogP contribution in [0.25, 0.3) is 0 Å². The van der Waals surface area contributed by atoms with Crippen molar-refractivity contribution in [1.82, 2.24) is 4.90 Å². The summed E-state index contributed by atoms with van der Waals surface area (Å²) in [5.41, 5.74) is 1.21. The zero-order chi connectivity index (χ0) is 12.5. The van der Waals surface area contributed by atoms with Crippen molar-refractivity contribution >= 4 is 0 Å². The smallest absolute Gasteiger partial charge is 0.122 e. The number of hydrogen-bond acceptors (Lipinski definition) is 2. The van der Waals surface area contributed by atoms with Crippen molar-refractivity contribution in [1.29, 1.82) is 0 Å². The Labute approximate surface area is 106 Å². The van der Waals surface area contributed by atoms with Gasteiger partial charge >= 0.3 is 0 Å². The summed E-state index contributed by atoms with van der Waals surface area (Å²) in [7, 11) is 2.16. The second kappa shape index (κ2) is 8.13. The van der Waals surface area contributed by atoms with Crippen molar-refractivity contribution in [3.8, 4) is 5.75 Å². The number of rotatable bonds is 8. The molecule has 17 heavy (non-hydrogen) atoms. The van der Waals surface area contributed by atoms with E-state index in [4.69, 9.17) is 4.74 Å². The van der Waals surface area contributed by atoms with Crippen molar-refractivity contribution in [2.75, 3.05) is 26.7 Å². The summed E-state index contributed by atoms with van der Waals surface area (Å²) < 4.78 is 5.77. The number of para-hydroxylation sites is 1. The number of aryl methyl sites for hydroxylation is 1. The normalized spacial score (nSPS) is 10.8. The van der Waals surface area contributed by atoms with Gasteiger partial charge in [0.05, 0.1) is 0 Å². The van der Waals surface area contributed by atoms with Crippen molar-refractivity contribution in [2.45, 2.75) is 33.1 Å². The number of unbranched alkanes of at least 4 members (excludes halogenated alkanes) is 2. The van der Waals surface area contributed by atoms with Gasteiger partial charge in [0, 0.05) is 6.54 Å². The van der Waals surface area contributed by atoms with Crippen LogP contribution in [0.4, 0.5) is 0 Å². The van der Waals surface area contributed by atoms with Crippen molar-refractivity contribution in [3.63, 3.8) is 0 Å². The molecule has 0 N–H and O–H groups in total. The van der Waals surface area contributed by atoms with E-state index in [0.717, 1.165) is 18.9 Å². The van der Waals surface area contributed by atoms with Gasteiger partial charge in [-0.15, -0.1) is 0 Å². The Balaban J connectivity index is 2.17. The second-order valence-corrected chi connectivity index (χ2v) is 4.62. The lowest BCUT2D eigenvalue weighted by Crippen LogP contribution is -2.25. The molecule has 0 atom stereocenters. The predicted octanol–water partition coefficient (Wildman–Crippen LogP) is 3.50. The van der Waals surface area contributed by atoms with E-state index in [9.17, 15) is 0 Å². The van der Waals surface area contributed by atoms with Gasteiger partial charge < -0.3 is 9.64 Å². The topological polar surface area (TPSA) is 12.5 Å². The van der Waals surface area contributed by atoms with Crippen molar-refractivity contribution in [3.05, 3.63) is 29.8 Å². The average Bonchev–Trinajstić information content (AvgIpc) is 2.32. The van der Waals surface area contributed by atoms with Crippen LogP contribution in [0.5, 0.6) is 5.75 Å². The Morgan fingerprint density at radius 3 is 2.59 bits per heavy atom. The zero-order valence-electron chi connectivity index (χ0n) is 11.4. The minimum absolute atomic E-state index is 0.771.